The van der Waals surface area contributed by atoms with E-state index in [1.54, 1.807) is 0 Å². The van der Waals surface area contributed by atoms with E-state index in [-0.39, 0.29) is 5.92 Å². The van der Waals surface area contributed by atoms with Gasteiger partial charge in [-0.1, -0.05) is 6.42 Å². The van der Waals surface area contributed by atoms with Gasteiger partial charge in [0.05, 0.1) is 0 Å². The molecule has 0 heterocycles. The minimum atomic E-state index is -3.90. The Kier molecular flexibility index (Phi) is 1.78. The summed E-state index contributed by atoms with van der Waals surface area (Å²) in [6.07, 6.45) is 2.29. The van der Waals surface area contributed by atoms with E-state index in [9.17, 15) is 13.2 Å². The van der Waals surface area contributed by atoms with Gasteiger partial charge in [0.25, 0.3) is 15.1 Å². The van der Waals surface area contributed by atoms with Gasteiger partial charge in [0, 0.05) is 5.92 Å². The molecule has 0 spiro atoms. The third-order valence-corrected chi connectivity index (χ3v) is 2.61. The third kappa shape index (κ3) is 1.35. The van der Waals surface area contributed by atoms with Crippen molar-refractivity contribution in [2.45, 2.75) is 19.3 Å². The van der Waals surface area contributed by atoms with E-state index in [4.69, 9.17) is 0 Å². The van der Waals surface area contributed by atoms with Gasteiger partial charge < -0.3 is 0 Å². The minimum Gasteiger partial charge on any atom is -0.280 e. The van der Waals surface area contributed by atoms with Gasteiger partial charge in [-0.25, -0.2) is 13.6 Å². The highest BCUT2D eigenvalue weighted by Crippen LogP contribution is 2.27. The van der Waals surface area contributed by atoms with Gasteiger partial charge in [0.15, 0.2) is 0 Å². The van der Waals surface area contributed by atoms with Crippen LogP contribution in [-0.4, -0.2) is 13.5 Å². The lowest BCUT2D eigenvalue weighted by atomic mass is 9.87. The Balaban J connectivity index is 2.66. The molecular formula is C5H9NO3S. The number of carbonyl (C=O) groups excluding carboxylic acids is 1. The van der Waals surface area contributed by atoms with Crippen LogP contribution < -0.4 is 5.14 Å². The van der Waals surface area contributed by atoms with Crippen molar-refractivity contribution in [3.05, 3.63) is 0 Å². The predicted molar refractivity (Wildman–Crippen MR) is 35.5 cm³/mol. The first-order chi connectivity index (χ1) is 4.52. The lowest BCUT2D eigenvalue weighted by Crippen LogP contribution is -2.33. The molecular weight excluding hydrogens is 154 g/mol. The second-order valence-corrected chi connectivity index (χ2v) is 3.98. The summed E-state index contributed by atoms with van der Waals surface area (Å²) >= 11 is 0. The molecule has 1 rings (SSSR count). The molecule has 1 saturated carbocycles. The highest BCUT2D eigenvalue weighted by molar-refractivity contribution is 8.04. The number of nitrogens with two attached hydrogens (primary N) is 1. The van der Waals surface area contributed by atoms with Crippen LogP contribution >= 0.6 is 0 Å². The summed E-state index contributed by atoms with van der Waals surface area (Å²) in [6, 6.07) is 0. The molecule has 0 aromatic carbocycles. The van der Waals surface area contributed by atoms with Crippen LogP contribution in [0, 0.1) is 5.92 Å². The zero-order valence-electron chi connectivity index (χ0n) is 5.41. The van der Waals surface area contributed by atoms with Crippen molar-refractivity contribution in [2.24, 2.45) is 11.1 Å². The van der Waals surface area contributed by atoms with Gasteiger partial charge in [0.2, 0.25) is 0 Å². The summed E-state index contributed by atoms with van der Waals surface area (Å²) in [5, 5.41) is 3.82. The highest BCUT2D eigenvalue weighted by Gasteiger charge is 2.32. The van der Waals surface area contributed by atoms with Crippen LogP contribution in [-0.2, 0) is 14.8 Å². The number of sulfonamides is 1. The second kappa shape index (κ2) is 2.32. The van der Waals surface area contributed by atoms with Gasteiger partial charge in [-0.15, -0.1) is 0 Å². The van der Waals surface area contributed by atoms with E-state index in [1.807, 2.05) is 0 Å². The molecule has 0 bridgehead atoms. The zero-order chi connectivity index (χ0) is 7.78. The normalized spacial score (nSPS) is 20.1. The van der Waals surface area contributed by atoms with Crippen molar-refractivity contribution in [1.82, 2.24) is 0 Å². The van der Waals surface area contributed by atoms with Crippen LogP contribution in [0.2, 0.25) is 0 Å². The predicted octanol–water partition coefficient (Wildman–Crippen LogP) is -0.398. The molecule has 4 nitrogen and oxygen atoms in total. The topological polar surface area (TPSA) is 77.2 Å². The number of primary sulfonamides is 1. The molecule has 1 aliphatic rings. The average molecular weight is 163 g/mol. The summed E-state index contributed by atoms with van der Waals surface area (Å²) in [5.41, 5.74) is 0. The highest BCUT2D eigenvalue weighted by atomic mass is 32.2. The SMILES string of the molecule is NS(=O)(=O)C(=O)C1CCC1. The largest absolute Gasteiger partial charge is 0.280 e. The van der Waals surface area contributed by atoms with Crippen LogP contribution in [0.1, 0.15) is 19.3 Å². The van der Waals surface area contributed by atoms with Crippen molar-refractivity contribution in [2.75, 3.05) is 0 Å². The quantitative estimate of drug-likeness (QED) is 0.571. The summed E-state index contributed by atoms with van der Waals surface area (Å²) in [6.45, 7) is 0. The van der Waals surface area contributed by atoms with Crippen LogP contribution in [0.15, 0.2) is 0 Å². The van der Waals surface area contributed by atoms with Crippen LogP contribution in [0.3, 0.4) is 0 Å². The maximum absolute atomic E-state index is 10.7. The van der Waals surface area contributed by atoms with Crippen molar-refractivity contribution >= 4 is 15.1 Å². The van der Waals surface area contributed by atoms with Gasteiger partial charge in [-0.2, -0.15) is 0 Å². The third-order valence-electron chi connectivity index (χ3n) is 1.72. The molecule has 1 fully saturated rings. The minimum absolute atomic E-state index is 0.310. The Hall–Kier alpha value is -0.420. The monoisotopic (exact) mass is 163 g/mol. The Morgan fingerprint density at radius 2 is 1.90 bits per heavy atom. The molecule has 0 aromatic rings. The average Bonchev–Trinajstić information content (AvgIpc) is 1.57. The Bertz CT molecular complexity index is 240. The van der Waals surface area contributed by atoms with Crippen molar-refractivity contribution in [3.8, 4) is 0 Å². The number of hydrogen-bond donors (Lipinski definition) is 1. The van der Waals surface area contributed by atoms with Crippen LogP contribution in [0.25, 0.3) is 0 Å². The van der Waals surface area contributed by atoms with E-state index in [0.29, 0.717) is 12.8 Å². The first kappa shape index (κ1) is 7.68. The fraction of sp³-hybridized carbons (Fsp3) is 0.800. The summed E-state index contributed by atoms with van der Waals surface area (Å²) < 4.78 is 20.8. The molecule has 0 aromatic heterocycles. The molecule has 1 aliphatic carbocycles. The Morgan fingerprint density at radius 1 is 1.40 bits per heavy atom. The van der Waals surface area contributed by atoms with Gasteiger partial charge in [-0.3, -0.25) is 4.79 Å². The number of carbonyl (C=O) groups is 1. The Labute approximate surface area is 59.5 Å². The van der Waals surface area contributed by atoms with Gasteiger partial charge >= 0.3 is 0 Å². The van der Waals surface area contributed by atoms with Crippen LogP contribution in [0.4, 0.5) is 0 Å². The number of hydrogen-bond acceptors (Lipinski definition) is 3. The lowest BCUT2D eigenvalue weighted by Gasteiger charge is -2.21. The molecule has 0 radical (unpaired) electrons. The Morgan fingerprint density at radius 3 is 2.00 bits per heavy atom. The van der Waals surface area contributed by atoms with E-state index in [0.717, 1.165) is 6.42 Å². The van der Waals surface area contributed by atoms with E-state index < -0.39 is 15.1 Å². The number of rotatable bonds is 1. The standard InChI is InChI=1S/C5H9NO3S/c6-10(8,9)5(7)4-2-1-3-4/h4H,1-3H2,(H2,6,8,9). The maximum atomic E-state index is 10.7. The fourth-order valence-electron chi connectivity index (χ4n) is 0.876. The zero-order valence-corrected chi connectivity index (χ0v) is 6.23. The lowest BCUT2D eigenvalue weighted by molar-refractivity contribution is -0.117. The van der Waals surface area contributed by atoms with Gasteiger partial charge in [-0.05, 0) is 12.8 Å². The molecule has 5 heteroatoms. The molecule has 0 unspecified atom stereocenters. The molecule has 10 heavy (non-hydrogen) atoms. The first-order valence-electron chi connectivity index (χ1n) is 3.08. The molecule has 0 saturated heterocycles. The van der Waals surface area contributed by atoms with E-state index >= 15 is 0 Å². The van der Waals surface area contributed by atoms with Gasteiger partial charge in [0.1, 0.15) is 0 Å². The summed E-state index contributed by atoms with van der Waals surface area (Å²) in [7, 11) is -3.90. The molecule has 0 aliphatic heterocycles. The fourth-order valence-corrected chi connectivity index (χ4v) is 1.58. The van der Waals surface area contributed by atoms with Crippen molar-refractivity contribution < 1.29 is 13.2 Å². The molecule has 2 N–H and O–H groups in total. The molecule has 0 atom stereocenters. The first-order valence-corrected chi connectivity index (χ1v) is 4.63. The van der Waals surface area contributed by atoms with Crippen LogP contribution in [0.5, 0.6) is 0 Å². The molecule has 58 valence electrons. The second-order valence-electron chi connectivity index (χ2n) is 2.49. The maximum Gasteiger partial charge on any atom is 0.272 e. The molecule has 0 amide bonds. The summed E-state index contributed by atoms with van der Waals surface area (Å²) in [4.78, 5) is 10.7. The smallest absolute Gasteiger partial charge is 0.272 e. The van der Waals surface area contributed by atoms with E-state index in [1.165, 1.54) is 0 Å². The van der Waals surface area contributed by atoms with Crippen molar-refractivity contribution in [3.63, 3.8) is 0 Å². The van der Waals surface area contributed by atoms with E-state index in [2.05, 4.69) is 5.14 Å². The summed E-state index contributed by atoms with van der Waals surface area (Å²) in [5.74, 6) is -0.310. The van der Waals surface area contributed by atoms with Crippen molar-refractivity contribution in [1.29, 1.82) is 0 Å².